The lowest BCUT2D eigenvalue weighted by molar-refractivity contribution is -0.0598. The quantitative estimate of drug-likeness (QED) is 0.0989. The first-order valence-corrected chi connectivity index (χ1v) is 29.9. The van der Waals surface area contributed by atoms with Crippen LogP contribution in [0.4, 0.5) is 11.8 Å². The van der Waals surface area contributed by atoms with Gasteiger partial charge in [-0.25, -0.2) is 24.5 Å². The van der Waals surface area contributed by atoms with Crippen molar-refractivity contribution in [1.29, 1.82) is 0 Å². The van der Waals surface area contributed by atoms with Crippen molar-refractivity contribution in [2.24, 2.45) is 0 Å². The van der Waals surface area contributed by atoms with Crippen LogP contribution in [0.1, 0.15) is 54.0 Å². The molecule has 0 saturated carbocycles. The number of nitrogens with two attached hydrogens (primary N) is 2. The smallest absolute Gasteiger partial charge is 0.386 e. The third-order valence-corrected chi connectivity index (χ3v) is 23.9. The van der Waals surface area contributed by atoms with Crippen molar-refractivity contribution in [3.63, 3.8) is 0 Å². The fourth-order valence-electron chi connectivity index (χ4n) is 6.56. The number of ether oxygens (including phenoxy) is 2. The van der Waals surface area contributed by atoms with Gasteiger partial charge in [0, 0.05) is 0 Å². The van der Waals surface area contributed by atoms with Crippen LogP contribution in [0.15, 0.2) is 23.8 Å². The van der Waals surface area contributed by atoms with E-state index in [1.165, 1.54) is 23.5 Å². The number of aromatic nitrogens is 8. The highest BCUT2D eigenvalue weighted by Gasteiger charge is 2.57. The summed E-state index contributed by atoms with van der Waals surface area (Å²) in [7, 11) is -5.36. The van der Waals surface area contributed by atoms with Gasteiger partial charge in [-0.15, -0.1) is 0 Å². The first-order valence-electron chi connectivity index (χ1n) is 18.8. The molecule has 10 atom stereocenters. The van der Waals surface area contributed by atoms with E-state index in [9.17, 15) is 14.3 Å². The van der Waals surface area contributed by atoms with E-state index in [4.69, 9.17) is 59.7 Å². The Morgan fingerprint density at radius 2 is 1.36 bits per heavy atom. The highest BCUT2D eigenvalue weighted by Crippen LogP contribution is 2.59. The fraction of sp³-hybridized carbons (Fsp3) is 0.688. The zero-order valence-electron chi connectivity index (χ0n) is 34.3. The Kier molecular flexibility index (Phi) is 11.8. The van der Waals surface area contributed by atoms with Crippen molar-refractivity contribution in [2.75, 3.05) is 24.7 Å². The molecule has 4 bridgehead atoms. The fourth-order valence-corrected chi connectivity index (χ4v) is 12.1. The molecule has 59 heavy (non-hydrogen) atoms. The third kappa shape index (κ3) is 8.76. The molecular formula is C32H52N10O11P2S2Si2. The summed E-state index contributed by atoms with van der Waals surface area (Å²) in [5.41, 5.74) is 12.1. The minimum absolute atomic E-state index is 0.0334. The molecule has 0 amide bonds. The van der Waals surface area contributed by atoms with E-state index >= 15 is 0 Å². The van der Waals surface area contributed by atoms with E-state index in [1.807, 2.05) is 26.2 Å². The van der Waals surface area contributed by atoms with Gasteiger partial charge >= 0.3 is 13.5 Å². The average Bonchev–Trinajstić information content (AvgIpc) is 3.86. The minimum atomic E-state index is -4.39. The molecule has 0 spiro atoms. The molecule has 0 aliphatic carbocycles. The Balaban J connectivity index is 1.34. The van der Waals surface area contributed by atoms with E-state index in [-0.39, 0.29) is 33.0 Å². The zero-order valence-corrected chi connectivity index (χ0v) is 39.8. The SMILES string of the molecule is CC(C)(C)[Si](C)(C)OC1C2OP(O)(=S)OC[C@H]3O[C@@H](n4cnc5c(=O)[nH]c(N)nc54)C(OP(=O)(S)OC[C@H]1O[C@H]2n1cnc2c(N)ncnc21)C3O[Si](C)(C)C(C)(C)C. The molecule has 4 aromatic rings. The number of nitrogens with zero attached hydrogens (tertiary/aromatic N) is 7. The highest BCUT2D eigenvalue weighted by molar-refractivity contribution is 8.44. The Morgan fingerprint density at radius 3 is 1.92 bits per heavy atom. The summed E-state index contributed by atoms with van der Waals surface area (Å²) in [6.45, 7) is 11.1. The first-order chi connectivity index (χ1) is 27.2. The number of hydrogen-bond donors (Lipinski definition) is 5. The number of H-pyrrole nitrogens is 1. The van der Waals surface area contributed by atoms with Crippen LogP contribution >= 0.6 is 25.8 Å². The van der Waals surface area contributed by atoms with Gasteiger partial charge in [-0.05, 0) is 48.1 Å². The number of aromatic amines is 1. The second kappa shape index (κ2) is 15.6. The number of anilines is 2. The number of thiol groups is 1. The Labute approximate surface area is 352 Å². The van der Waals surface area contributed by atoms with Gasteiger partial charge in [0.05, 0.1) is 25.9 Å². The monoisotopic (exact) mass is 934 g/mol. The number of fused-ring (bicyclic) bond motifs is 6. The molecule has 3 fully saturated rings. The second-order valence-corrected chi connectivity index (χ2v) is 33.0. The number of nitrogens with one attached hydrogen (secondary N) is 1. The lowest BCUT2D eigenvalue weighted by Crippen LogP contribution is -2.51. The average molecular weight is 935 g/mol. The van der Waals surface area contributed by atoms with Crippen molar-refractivity contribution in [3.05, 3.63) is 29.3 Å². The second-order valence-electron chi connectivity index (χ2n) is 17.8. The maximum absolute atomic E-state index is 14.6. The van der Waals surface area contributed by atoms with Gasteiger partial charge in [0.15, 0.2) is 51.7 Å². The summed E-state index contributed by atoms with van der Waals surface area (Å²) >= 11 is 10.2. The van der Waals surface area contributed by atoms with Gasteiger partial charge in [-0.3, -0.25) is 32.5 Å². The van der Waals surface area contributed by atoms with Crippen LogP contribution in [0.3, 0.4) is 0 Å². The lowest BCUT2D eigenvalue weighted by atomic mass is 10.1. The van der Waals surface area contributed by atoms with Gasteiger partial charge in [0.1, 0.15) is 48.5 Å². The van der Waals surface area contributed by atoms with Crippen molar-refractivity contribution in [2.45, 2.75) is 127 Å². The molecule has 3 aliphatic heterocycles. The maximum Gasteiger partial charge on any atom is 0.386 e. The van der Waals surface area contributed by atoms with Gasteiger partial charge in [0.2, 0.25) is 5.95 Å². The van der Waals surface area contributed by atoms with Gasteiger partial charge < -0.3 is 39.2 Å². The molecule has 7 heterocycles. The van der Waals surface area contributed by atoms with Crippen LogP contribution < -0.4 is 17.0 Å². The normalized spacial score (nSPS) is 32.8. The van der Waals surface area contributed by atoms with Crippen LogP contribution in [0.25, 0.3) is 22.3 Å². The van der Waals surface area contributed by atoms with Crippen molar-refractivity contribution < 1.29 is 45.9 Å². The molecule has 21 nitrogen and oxygen atoms in total. The molecule has 326 valence electrons. The summed E-state index contributed by atoms with van der Waals surface area (Å²) < 4.78 is 69.9. The van der Waals surface area contributed by atoms with Crippen LogP contribution in [0, 0.1) is 0 Å². The molecule has 3 aliphatic rings. The van der Waals surface area contributed by atoms with E-state index in [1.54, 1.807) is 4.57 Å². The van der Waals surface area contributed by atoms with E-state index in [0.717, 1.165) is 0 Å². The van der Waals surface area contributed by atoms with Gasteiger partial charge in [0.25, 0.3) is 5.56 Å². The molecular weight excluding hydrogens is 883 g/mol. The van der Waals surface area contributed by atoms with Crippen molar-refractivity contribution >= 4 is 88.3 Å². The van der Waals surface area contributed by atoms with Crippen LogP contribution in [0.2, 0.25) is 36.3 Å². The number of rotatable bonds is 6. The topological polar surface area (TPSA) is 270 Å². The highest BCUT2D eigenvalue weighted by atomic mass is 32.7. The molecule has 3 saturated heterocycles. The van der Waals surface area contributed by atoms with Crippen molar-refractivity contribution in [1.82, 2.24) is 39.0 Å². The predicted molar refractivity (Wildman–Crippen MR) is 229 cm³/mol. The number of nitrogen functional groups attached to an aromatic ring is 2. The summed E-state index contributed by atoms with van der Waals surface area (Å²) in [6, 6.07) is 0. The lowest BCUT2D eigenvalue weighted by Gasteiger charge is -2.41. The number of hydrogen-bond acceptors (Lipinski definition) is 18. The maximum atomic E-state index is 14.6. The molecule has 0 aromatic carbocycles. The summed E-state index contributed by atoms with van der Waals surface area (Å²) in [6.07, 6.45) is -4.73. The molecule has 4 aromatic heterocycles. The Bertz CT molecular complexity index is 2390. The summed E-state index contributed by atoms with van der Waals surface area (Å²) in [5, 5.41) is -0.615. The van der Waals surface area contributed by atoms with E-state index in [2.05, 4.69) is 83.7 Å². The van der Waals surface area contributed by atoms with Crippen LogP contribution in [-0.4, -0.2) is 110 Å². The standard InChI is InChI=1S/C32H52N10O11P2S2Si2/c1-31(2,3)58(7,8)52-20-16-11-46-55(45,57)51-23-21(53-59(9,10)32(4,5)6)17(49-29(23)42-15-38-19-26(42)39-30(34)40-27(19)43)12-47-54(44,56)50-22(20)28(48-16)41-14-37-18-24(33)35-13-36-25(18)41/h13-17,20-23,28-29H,11-12H2,1-10H3,(H,44,56)(H,45,57)(H2,33,35,36)(H3,34,39,40,43)/t16-,17-,20?,21?,22?,23?,28-,29-,54?,55?/m1/s1. The predicted octanol–water partition coefficient (Wildman–Crippen LogP) is 4.77. The van der Waals surface area contributed by atoms with Crippen LogP contribution in [0.5, 0.6) is 0 Å². The van der Waals surface area contributed by atoms with Crippen LogP contribution in [-0.2, 0) is 52.8 Å². The molecule has 7 rings (SSSR count). The zero-order chi connectivity index (χ0) is 43.2. The summed E-state index contributed by atoms with van der Waals surface area (Å²) in [4.78, 5) is 48.7. The third-order valence-electron chi connectivity index (χ3n) is 11.7. The number of imidazole rings is 2. The van der Waals surface area contributed by atoms with Gasteiger partial charge in [-0.1, -0.05) is 53.8 Å². The van der Waals surface area contributed by atoms with E-state index in [0.29, 0.717) is 11.2 Å². The largest absolute Gasteiger partial charge is 0.408 e. The molecule has 6 N–H and O–H groups in total. The van der Waals surface area contributed by atoms with Gasteiger partial charge in [-0.2, -0.15) is 4.98 Å². The minimum Gasteiger partial charge on any atom is -0.408 e. The molecule has 0 radical (unpaired) electrons. The first kappa shape index (κ1) is 44.8. The van der Waals surface area contributed by atoms with Crippen molar-refractivity contribution in [3.8, 4) is 0 Å². The molecule has 6 unspecified atom stereocenters. The summed E-state index contributed by atoms with van der Waals surface area (Å²) in [5.74, 6) is -0.0336. The molecule has 27 heteroatoms. The Hall–Kier alpha value is -2.20. The Morgan fingerprint density at radius 1 is 0.847 bits per heavy atom. The van der Waals surface area contributed by atoms with E-state index < -0.39 is 98.0 Å².